The molecule has 14 heavy (non-hydrogen) atoms. The lowest BCUT2D eigenvalue weighted by atomic mass is 9.84. The van der Waals surface area contributed by atoms with E-state index in [0.717, 1.165) is 12.3 Å². The lowest BCUT2D eigenvalue weighted by Crippen LogP contribution is -2.62. The molecule has 0 spiro atoms. The third-order valence-electron chi connectivity index (χ3n) is 3.07. The van der Waals surface area contributed by atoms with E-state index < -0.39 is 0 Å². The molecule has 1 fully saturated rings. The Labute approximate surface area is 86.0 Å². The summed E-state index contributed by atoms with van der Waals surface area (Å²) in [5.41, 5.74) is 4.02. The van der Waals surface area contributed by atoms with Crippen molar-refractivity contribution < 1.29 is 15.3 Å². The summed E-state index contributed by atoms with van der Waals surface area (Å²) in [4.78, 5) is 11.0. The van der Waals surface area contributed by atoms with Crippen molar-refractivity contribution in [3.05, 3.63) is 0 Å². The maximum absolute atomic E-state index is 11.0. The molecule has 3 N–H and O–H groups in total. The van der Waals surface area contributed by atoms with Crippen LogP contribution in [0.5, 0.6) is 0 Å². The van der Waals surface area contributed by atoms with E-state index in [1.165, 1.54) is 39.2 Å². The Morgan fingerprint density at radius 2 is 2.07 bits per heavy atom. The summed E-state index contributed by atoms with van der Waals surface area (Å²) in [6, 6.07) is 0.241. The van der Waals surface area contributed by atoms with Crippen LogP contribution in [0, 0.1) is 5.92 Å². The fraction of sp³-hybridized carbons (Fsp3) is 0.909. The van der Waals surface area contributed by atoms with Crippen molar-refractivity contribution in [2.45, 2.75) is 51.0 Å². The molecule has 82 valence electrons. The van der Waals surface area contributed by atoms with E-state index in [-0.39, 0.29) is 12.0 Å². The van der Waals surface area contributed by atoms with Gasteiger partial charge < -0.3 is 10.5 Å². The summed E-state index contributed by atoms with van der Waals surface area (Å²) in [6.45, 7) is 0. The number of methoxy groups -OCH3 is 1. The number of ether oxygens (including phenoxy) is 1. The summed E-state index contributed by atoms with van der Waals surface area (Å²) < 4.78 is 4.63. The van der Waals surface area contributed by atoms with Crippen LogP contribution in [-0.2, 0) is 9.53 Å². The normalized spacial score (nSPS) is 20.4. The third-order valence-corrected chi connectivity index (χ3v) is 3.07. The summed E-state index contributed by atoms with van der Waals surface area (Å²) in [6.07, 6.45) is 8.32. The van der Waals surface area contributed by atoms with Crippen LogP contribution in [0.3, 0.4) is 0 Å². The topological polar surface area (TPSA) is 53.9 Å². The molecule has 1 rings (SSSR count). The van der Waals surface area contributed by atoms with Gasteiger partial charge in [0.25, 0.3) is 0 Å². The van der Waals surface area contributed by atoms with Crippen molar-refractivity contribution in [1.82, 2.24) is 0 Å². The molecular weight excluding hydrogens is 178 g/mol. The van der Waals surface area contributed by atoms with Gasteiger partial charge in [0.2, 0.25) is 0 Å². The molecule has 3 nitrogen and oxygen atoms in total. The summed E-state index contributed by atoms with van der Waals surface area (Å²) in [5, 5.41) is 0. The van der Waals surface area contributed by atoms with Crippen molar-refractivity contribution in [3.8, 4) is 0 Å². The second-order valence-corrected chi connectivity index (χ2v) is 4.39. The fourth-order valence-corrected chi connectivity index (χ4v) is 2.30. The second-order valence-electron chi connectivity index (χ2n) is 4.39. The Hall–Kier alpha value is -0.570. The number of carbonyl (C=O) groups excluding carboxylic acids is 1. The van der Waals surface area contributed by atoms with Gasteiger partial charge in [0, 0.05) is 6.42 Å². The Kier molecular flexibility index (Phi) is 4.94. The van der Waals surface area contributed by atoms with Crippen LogP contribution in [0.4, 0.5) is 0 Å². The lowest BCUT2D eigenvalue weighted by Gasteiger charge is -2.22. The Bertz CT molecular complexity index is 176. The molecular formula is C11H22NO2+. The van der Waals surface area contributed by atoms with Gasteiger partial charge in [-0.15, -0.1) is 0 Å². The average Bonchev–Trinajstić information content (AvgIpc) is 2.19. The van der Waals surface area contributed by atoms with Crippen LogP contribution in [0.2, 0.25) is 0 Å². The molecule has 0 aliphatic heterocycles. The van der Waals surface area contributed by atoms with Gasteiger partial charge in [0.15, 0.2) is 0 Å². The minimum Gasteiger partial charge on any atom is -0.469 e. The molecule has 0 bridgehead atoms. The van der Waals surface area contributed by atoms with Gasteiger partial charge in [0.05, 0.1) is 19.6 Å². The molecule has 0 aromatic heterocycles. The number of rotatable bonds is 4. The number of quaternary nitrogens is 1. The van der Waals surface area contributed by atoms with Gasteiger partial charge in [-0.25, -0.2) is 0 Å². The van der Waals surface area contributed by atoms with Crippen molar-refractivity contribution >= 4 is 5.97 Å². The van der Waals surface area contributed by atoms with Gasteiger partial charge in [-0.05, 0) is 5.92 Å². The molecule has 0 saturated heterocycles. The highest BCUT2D eigenvalue weighted by atomic mass is 16.5. The van der Waals surface area contributed by atoms with Crippen LogP contribution in [-0.4, -0.2) is 19.1 Å². The zero-order valence-corrected chi connectivity index (χ0v) is 9.13. The lowest BCUT2D eigenvalue weighted by molar-refractivity contribution is -0.422. The minimum absolute atomic E-state index is 0.124. The van der Waals surface area contributed by atoms with Gasteiger partial charge in [-0.2, -0.15) is 0 Å². The highest BCUT2D eigenvalue weighted by molar-refractivity contribution is 5.69. The van der Waals surface area contributed by atoms with Crippen LogP contribution in [0.25, 0.3) is 0 Å². The third kappa shape index (κ3) is 4.09. The minimum atomic E-state index is -0.124. The van der Waals surface area contributed by atoms with Gasteiger partial charge in [-0.3, -0.25) is 4.79 Å². The maximum atomic E-state index is 11.0. The SMILES string of the molecule is COC(=O)C[C@H]([NH3+])CC1CCCCC1. The van der Waals surface area contributed by atoms with Gasteiger partial charge >= 0.3 is 5.97 Å². The second kappa shape index (κ2) is 6.02. The highest BCUT2D eigenvalue weighted by Gasteiger charge is 2.20. The predicted octanol–water partition coefficient (Wildman–Crippen LogP) is 1.13. The highest BCUT2D eigenvalue weighted by Crippen LogP contribution is 2.27. The quantitative estimate of drug-likeness (QED) is 0.692. The van der Waals surface area contributed by atoms with Crippen LogP contribution < -0.4 is 5.73 Å². The van der Waals surface area contributed by atoms with Crippen LogP contribution >= 0.6 is 0 Å². The molecule has 0 unspecified atom stereocenters. The van der Waals surface area contributed by atoms with E-state index in [1.807, 2.05) is 0 Å². The van der Waals surface area contributed by atoms with Crippen molar-refractivity contribution in [3.63, 3.8) is 0 Å². The molecule has 1 aliphatic carbocycles. The molecule has 0 heterocycles. The molecule has 1 aliphatic rings. The molecule has 0 radical (unpaired) electrons. The van der Waals surface area contributed by atoms with Crippen molar-refractivity contribution in [2.24, 2.45) is 5.92 Å². The molecule has 0 amide bonds. The number of hydrogen-bond acceptors (Lipinski definition) is 2. The van der Waals surface area contributed by atoms with E-state index in [9.17, 15) is 4.79 Å². The molecule has 0 aromatic rings. The standard InChI is InChI=1S/C11H21NO2/c1-14-11(13)8-10(12)7-9-5-3-2-4-6-9/h9-10H,2-8,12H2,1H3/p+1/t10-/m1/s1. The van der Waals surface area contributed by atoms with Gasteiger partial charge in [0.1, 0.15) is 0 Å². The first kappa shape index (κ1) is 11.5. The number of carbonyl (C=O) groups is 1. The summed E-state index contributed by atoms with van der Waals surface area (Å²) >= 11 is 0. The first-order chi connectivity index (χ1) is 6.72. The largest absolute Gasteiger partial charge is 0.469 e. The summed E-state index contributed by atoms with van der Waals surface area (Å²) in [5.74, 6) is 0.678. The monoisotopic (exact) mass is 200 g/mol. The predicted molar refractivity (Wildman–Crippen MR) is 54.5 cm³/mol. The van der Waals surface area contributed by atoms with E-state index >= 15 is 0 Å². The summed E-state index contributed by atoms with van der Waals surface area (Å²) in [7, 11) is 1.44. The van der Waals surface area contributed by atoms with E-state index in [0.29, 0.717) is 6.42 Å². The Morgan fingerprint density at radius 1 is 1.43 bits per heavy atom. The van der Waals surface area contributed by atoms with Gasteiger partial charge in [-0.1, -0.05) is 32.1 Å². The average molecular weight is 200 g/mol. The van der Waals surface area contributed by atoms with E-state index in [2.05, 4.69) is 10.5 Å². The van der Waals surface area contributed by atoms with E-state index in [4.69, 9.17) is 0 Å². The number of esters is 1. The zero-order valence-electron chi connectivity index (χ0n) is 9.13. The molecule has 0 aromatic carbocycles. The Balaban J connectivity index is 2.18. The van der Waals surface area contributed by atoms with Crippen molar-refractivity contribution in [1.29, 1.82) is 0 Å². The van der Waals surface area contributed by atoms with E-state index in [1.54, 1.807) is 0 Å². The van der Waals surface area contributed by atoms with Crippen LogP contribution in [0.15, 0.2) is 0 Å². The maximum Gasteiger partial charge on any atom is 0.311 e. The molecule has 3 heteroatoms. The molecule has 1 atom stereocenters. The number of hydrogen-bond donors (Lipinski definition) is 1. The van der Waals surface area contributed by atoms with Crippen molar-refractivity contribution in [2.75, 3.05) is 7.11 Å². The smallest absolute Gasteiger partial charge is 0.311 e. The first-order valence-corrected chi connectivity index (χ1v) is 5.62. The molecule has 1 saturated carbocycles. The van der Waals surface area contributed by atoms with Crippen LogP contribution in [0.1, 0.15) is 44.9 Å². The fourth-order valence-electron chi connectivity index (χ4n) is 2.30. The zero-order chi connectivity index (χ0) is 10.4. The Morgan fingerprint density at radius 3 is 2.64 bits per heavy atom. The first-order valence-electron chi connectivity index (χ1n) is 5.62.